The summed E-state index contributed by atoms with van der Waals surface area (Å²) >= 11 is 0. The Morgan fingerprint density at radius 2 is 2.00 bits per heavy atom. The lowest BCUT2D eigenvalue weighted by Crippen LogP contribution is -2.30. The first-order chi connectivity index (χ1) is 11.1. The number of nitrogens with zero attached hydrogens (tertiary/aromatic N) is 3. The smallest absolute Gasteiger partial charge is 0.320 e. The quantitative estimate of drug-likeness (QED) is 0.612. The third kappa shape index (κ3) is 4.89. The van der Waals surface area contributed by atoms with Crippen LogP contribution >= 0.6 is 0 Å². The molecule has 4 N–H and O–H groups in total. The molecule has 0 fully saturated rings. The molecule has 1 atom stereocenters. The van der Waals surface area contributed by atoms with E-state index in [1.165, 1.54) is 4.68 Å². The summed E-state index contributed by atoms with van der Waals surface area (Å²) in [4.78, 5) is 22.5. The second kappa shape index (κ2) is 8.04. The number of rotatable bonds is 8. The number of carbonyl (C=O) groups is 2. The Balaban J connectivity index is 1.76. The number of amides is 1. The summed E-state index contributed by atoms with van der Waals surface area (Å²) < 4.78 is 1.53. The topological polar surface area (TPSA) is 123 Å². The fraction of sp³-hybridized carbons (Fsp3) is 0.333. The van der Waals surface area contributed by atoms with Crippen LogP contribution in [0.2, 0.25) is 0 Å². The van der Waals surface area contributed by atoms with Crippen LogP contribution in [0.25, 0.3) is 5.69 Å². The fourth-order valence-corrected chi connectivity index (χ4v) is 1.98. The highest BCUT2D eigenvalue weighted by Crippen LogP contribution is 2.05. The van der Waals surface area contributed by atoms with Gasteiger partial charge >= 0.3 is 5.97 Å². The van der Waals surface area contributed by atoms with Crippen molar-refractivity contribution in [2.75, 3.05) is 6.54 Å². The SMILES string of the molecule is NC(CCCCNC(=O)c1cn(-c2ccccc2)nn1)C(=O)O. The second-order valence-corrected chi connectivity index (χ2v) is 5.08. The Labute approximate surface area is 133 Å². The molecule has 1 unspecified atom stereocenters. The van der Waals surface area contributed by atoms with Crippen LogP contribution in [-0.2, 0) is 4.79 Å². The normalized spacial score (nSPS) is 11.9. The van der Waals surface area contributed by atoms with Gasteiger partial charge in [-0.1, -0.05) is 23.4 Å². The average molecular weight is 317 g/mol. The lowest BCUT2D eigenvalue weighted by atomic mass is 10.1. The number of nitrogens with one attached hydrogen (secondary N) is 1. The van der Waals surface area contributed by atoms with E-state index >= 15 is 0 Å². The second-order valence-electron chi connectivity index (χ2n) is 5.08. The molecule has 1 aromatic heterocycles. The molecule has 0 saturated carbocycles. The van der Waals surface area contributed by atoms with Crippen molar-refractivity contribution < 1.29 is 14.7 Å². The lowest BCUT2D eigenvalue weighted by Gasteiger charge is -2.06. The number of carbonyl (C=O) groups excluding carboxylic acids is 1. The van der Waals surface area contributed by atoms with Crippen LogP contribution in [0.4, 0.5) is 0 Å². The Bertz CT molecular complexity index is 656. The Morgan fingerprint density at radius 3 is 2.70 bits per heavy atom. The summed E-state index contributed by atoms with van der Waals surface area (Å²) in [6.45, 7) is 0.434. The van der Waals surface area contributed by atoms with Crippen molar-refractivity contribution in [1.82, 2.24) is 20.3 Å². The van der Waals surface area contributed by atoms with Gasteiger partial charge in [-0.2, -0.15) is 0 Å². The van der Waals surface area contributed by atoms with Crippen molar-refractivity contribution in [2.45, 2.75) is 25.3 Å². The van der Waals surface area contributed by atoms with Gasteiger partial charge in [-0.05, 0) is 31.4 Å². The molecule has 0 aliphatic rings. The van der Waals surface area contributed by atoms with Crippen molar-refractivity contribution in [3.8, 4) is 5.69 Å². The molecule has 23 heavy (non-hydrogen) atoms. The highest BCUT2D eigenvalue weighted by molar-refractivity contribution is 5.91. The molecule has 1 aromatic carbocycles. The number of carboxylic acid groups (broad SMARTS) is 1. The zero-order valence-corrected chi connectivity index (χ0v) is 12.6. The first-order valence-corrected chi connectivity index (χ1v) is 7.32. The summed E-state index contributed by atoms with van der Waals surface area (Å²) in [7, 11) is 0. The third-order valence-electron chi connectivity index (χ3n) is 3.29. The Kier molecular flexibility index (Phi) is 5.81. The Morgan fingerprint density at radius 1 is 1.26 bits per heavy atom. The predicted molar refractivity (Wildman–Crippen MR) is 83.2 cm³/mol. The van der Waals surface area contributed by atoms with Gasteiger partial charge in [-0.25, -0.2) is 4.68 Å². The van der Waals surface area contributed by atoms with Crippen LogP contribution in [0.15, 0.2) is 36.5 Å². The van der Waals surface area contributed by atoms with E-state index in [-0.39, 0.29) is 11.6 Å². The molecule has 1 heterocycles. The van der Waals surface area contributed by atoms with Gasteiger partial charge < -0.3 is 16.2 Å². The van der Waals surface area contributed by atoms with E-state index in [2.05, 4.69) is 15.6 Å². The summed E-state index contributed by atoms with van der Waals surface area (Å²) in [5.74, 6) is -1.32. The van der Waals surface area contributed by atoms with Gasteiger partial charge in [-0.3, -0.25) is 9.59 Å². The Hall–Kier alpha value is -2.74. The predicted octanol–water partition coefficient (Wildman–Crippen LogP) is 0.579. The minimum Gasteiger partial charge on any atom is -0.480 e. The maximum absolute atomic E-state index is 11.9. The molecule has 0 aliphatic heterocycles. The number of para-hydroxylation sites is 1. The van der Waals surface area contributed by atoms with Gasteiger partial charge in [0.25, 0.3) is 5.91 Å². The summed E-state index contributed by atoms with van der Waals surface area (Å²) in [5, 5.41) is 19.1. The van der Waals surface area contributed by atoms with Crippen LogP contribution in [-0.4, -0.2) is 44.6 Å². The van der Waals surface area contributed by atoms with Gasteiger partial charge in [0.2, 0.25) is 0 Å². The lowest BCUT2D eigenvalue weighted by molar-refractivity contribution is -0.138. The highest BCUT2D eigenvalue weighted by Gasteiger charge is 2.12. The monoisotopic (exact) mass is 317 g/mol. The number of benzene rings is 1. The zero-order valence-electron chi connectivity index (χ0n) is 12.6. The molecule has 8 nitrogen and oxygen atoms in total. The third-order valence-corrected chi connectivity index (χ3v) is 3.29. The minimum absolute atomic E-state index is 0.232. The van der Waals surface area contributed by atoms with Gasteiger partial charge in [0, 0.05) is 6.54 Å². The standard InChI is InChI=1S/C15H19N5O3/c16-12(15(22)23)8-4-5-9-17-14(21)13-10-20(19-18-13)11-6-2-1-3-7-11/h1-3,6-7,10,12H,4-5,8-9,16H2,(H,17,21)(H,22,23). The first-order valence-electron chi connectivity index (χ1n) is 7.32. The maximum Gasteiger partial charge on any atom is 0.320 e. The number of hydrogen-bond acceptors (Lipinski definition) is 5. The number of hydrogen-bond donors (Lipinski definition) is 3. The molecule has 0 spiro atoms. The van der Waals surface area contributed by atoms with Crippen LogP contribution < -0.4 is 11.1 Å². The fourth-order valence-electron chi connectivity index (χ4n) is 1.98. The van der Waals surface area contributed by atoms with Crippen molar-refractivity contribution in [3.05, 3.63) is 42.2 Å². The van der Waals surface area contributed by atoms with E-state index in [0.717, 1.165) is 5.69 Å². The number of carboxylic acids is 1. The molecule has 8 heteroatoms. The maximum atomic E-state index is 11.9. The molecule has 0 bridgehead atoms. The molecular formula is C15H19N5O3. The van der Waals surface area contributed by atoms with E-state index in [1.807, 2.05) is 30.3 Å². The van der Waals surface area contributed by atoms with E-state index in [1.54, 1.807) is 6.20 Å². The molecule has 2 aromatic rings. The number of unbranched alkanes of at least 4 members (excludes halogenated alkanes) is 1. The number of aromatic nitrogens is 3. The van der Waals surface area contributed by atoms with Gasteiger partial charge in [-0.15, -0.1) is 5.10 Å². The zero-order chi connectivity index (χ0) is 16.7. The van der Waals surface area contributed by atoms with Gasteiger partial charge in [0.15, 0.2) is 5.69 Å². The number of aliphatic carboxylic acids is 1. The molecule has 1 amide bonds. The largest absolute Gasteiger partial charge is 0.480 e. The average Bonchev–Trinajstić information content (AvgIpc) is 3.05. The summed E-state index contributed by atoms with van der Waals surface area (Å²) in [6, 6.07) is 8.52. The highest BCUT2D eigenvalue weighted by atomic mass is 16.4. The number of nitrogens with two attached hydrogens (primary N) is 1. The van der Waals surface area contributed by atoms with Crippen molar-refractivity contribution in [1.29, 1.82) is 0 Å². The molecule has 2 rings (SSSR count). The van der Waals surface area contributed by atoms with Crippen molar-refractivity contribution >= 4 is 11.9 Å². The van der Waals surface area contributed by atoms with Crippen LogP contribution in [0.3, 0.4) is 0 Å². The van der Waals surface area contributed by atoms with Gasteiger partial charge in [0.05, 0.1) is 11.9 Å². The summed E-state index contributed by atoms with van der Waals surface area (Å²) in [6.07, 6.45) is 3.23. The van der Waals surface area contributed by atoms with Crippen molar-refractivity contribution in [2.24, 2.45) is 5.73 Å². The van der Waals surface area contributed by atoms with Crippen LogP contribution in [0.1, 0.15) is 29.8 Å². The molecule has 122 valence electrons. The van der Waals surface area contributed by atoms with E-state index in [4.69, 9.17) is 10.8 Å². The molecule has 0 aliphatic carbocycles. The van der Waals surface area contributed by atoms with Crippen LogP contribution in [0.5, 0.6) is 0 Å². The summed E-state index contributed by atoms with van der Waals surface area (Å²) in [5.41, 5.74) is 6.45. The van der Waals surface area contributed by atoms with E-state index in [9.17, 15) is 9.59 Å². The van der Waals surface area contributed by atoms with E-state index < -0.39 is 12.0 Å². The molecular weight excluding hydrogens is 298 g/mol. The molecule has 0 saturated heterocycles. The first kappa shape index (κ1) is 16.6. The van der Waals surface area contributed by atoms with Gasteiger partial charge in [0.1, 0.15) is 6.04 Å². The minimum atomic E-state index is -1.01. The molecule has 0 radical (unpaired) electrons. The van der Waals surface area contributed by atoms with E-state index in [0.29, 0.717) is 25.8 Å². The van der Waals surface area contributed by atoms with Crippen LogP contribution in [0, 0.1) is 0 Å². The van der Waals surface area contributed by atoms with Crippen molar-refractivity contribution in [3.63, 3.8) is 0 Å².